The molecule has 1 heterocycles. The Morgan fingerprint density at radius 2 is 1.80 bits per heavy atom. The van der Waals surface area contributed by atoms with Crippen LogP contribution in [0.3, 0.4) is 0 Å². The number of hydrazine groups is 1. The molecule has 3 aromatic rings. The van der Waals surface area contributed by atoms with Crippen LogP contribution in [0.1, 0.15) is 46.0 Å². The van der Waals surface area contributed by atoms with Crippen molar-refractivity contribution in [1.29, 1.82) is 0 Å². The second kappa shape index (κ2) is 11.7. The van der Waals surface area contributed by atoms with Crippen LogP contribution in [-0.4, -0.2) is 34.8 Å². The third-order valence-corrected chi connectivity index (χ3v) is 5.73. The minimum atomic E-state index is -0.855. The standard InChI is InChI=1S/C24H25Cl2N5O4/c1-4-5-10-31-21(16-8-6-7-9-19(16)26)18(13-27-31)22(32)28-20-14(2)11-15(25)12-17(20)23(33)29-30-24(34)35-3/h6-9,11-13H,4-5,10H2,1-3H3,(H,28,32)(H,29,33)(H,30,34). The summed E-state index contributed by atoms with van der Waals surface area (Å²) in [5.41, 5.74) is 6.69. The summed E-state index contributed by atoms with van der Waals surface area (Å²) in [5.74, 6) is -1.18. The number of halogens is 2. The molecule has 0 radical (unpaired) electrons. The summed E-state index contributed by atoms with van der Waals surface area (Å²) < 4.78 is 6.20. The molecule has 3 amide bonds. The first kappa shape index (κ1) is 26.1. The van der Waals surface area contributed by atoms with Crippen LogP contribution in [0.2, 0.25) is 10.0 Å². The quantitative estimate of drug-likeness (QED) is 0.371. The normalized spacial score (nSPS) is 10.5. The maximum atomic E-state index is 13.5. The van der Waals surface area contributed by atoms with Gasteiger partial charge in [-0.2, -0.15) is 5.10 Å². The molecule has 0 saturated carbocycles. The molecule has 0 bridgehead atoms. The fourth-order valence-corrected chi connectivity index (χ4v) is 3.96. The molecule has 0 aliphatic rings. The van der Waals surface area contributed by atoms with Crippen LogP contribution in [0.4, 0.5) is 10.5 Å². The van der Waals surface area contributed by atoms with Crippen molar-refractivity contribution in [2.45, 2.75) is 33.2 Å². The number of carbonyl (C=O) groups is 3. The van der Waals surface area contributed by atoms with Crippen LogP contribution in [-0.2, 0) is 11.3 Å². The van der Waals surface area contributed by atoms with Crippen LogP contribution in [0.25, 0.3) is 11.3 Å². The van der Waals surface area contributed by atoms with E-state index in [4.69, 9.17) is 23.2 Å². The second-order valence-electron chi connectivity index (χ2n) is 7.63. The van der Waals surface area contributed by atoms with Gasteiger partial charge in [-0.1, -0.05) is 54.7 Å². The van der Waals surface area contributed by atoms with Crippen LogP contribution in [0, 0.1) is 6.92 Å². The number of methoxy groups -OCH3 is 1. The highest BCUT2D eigenvalue weighted by molar-refractivity contribution is 6.33. The topological polar surface area (TPSA) is 114 Å². The first-order valence-electron chi connectivity index (χ1n) is 10.8. The SMILES string of the molecule is CCCCn1ncc(C(=O)Nc2c(C)cc(Cl)cc2C(=O)NNC(=O)OC)c1-c1ccccc1Cl. The number of amides is 3. The lowest BCUT2D eigenvalue weighted by atomic mass is 10.0. The molecule has 9 nitrogen and oxygen atoms in total. The van der Waals surface area contributed by atoms with E-state index in [1.807, 2.05) is 18.2 Å². The van der Waals surface area contributed by atoms with Crippen molar-refractivity contribution in [3.8, 4) is 11.3 Å². The highest BCUT2D eigenvalue weighted by Gasteiger charge is 2.24. The summed E-state index contributed by atoms with van der Waals surface area (Å²) >= 11 is 12.6. The number of unbranched alkanes of at least 4 members (excludes halogenated alkanes) is 1. The smallest absolute Gasteiger partial charge is 0.425 e. The molecule has 1 aromatic heterocycles. The van der Waals surface area contributed by atoms with Gasteiger partial charge in [0.2, 0.25) is 0 Å². The highest BCUT2D eigenvalue weighted by atomic mass is 35.5. The Balaban J connectivity index is 2.00. The number of aryl methyl sites for hydroxylation is 2. The zero-order valence-corrected chi connectivity index (χ0v) is 21.0. The summed E-state index contributed by atoms with van der Waals surface area (Å²) in [4.78, 5) is 37.5. The van der Waals surface area contributed by atoms with E-state index < -0.39 is 17.9 Å². The second-order valence-corrected chi connectivity index (χ2v) is 8.48. The predicted octanol–water partition coefficient (Wildman–Crippen LogP) is 5.22. The van der Waals surface area contributed by atoms with Gasteiger partial charge in [0.15, 0.2) is 0 Å². The average Bonchev–Trinajstić information content (AvgIpc) is 3.26. The van der Waals surface area contributed by atoms with Crippen molar-refractivity contribution in [3.63, 3.8) is 0 Å². The first-order chi connectivity index (χ1) is 16.8. The van der Waals surface area contributed by atoms with E-state index in [9.17, 15) is 14.4 Å². The number of hydrogen-bond acceptors (Lipinski definition) is 5. The lowest BCUT2D eigenvalue weighted by molar-refractivity contribution is 0.0921. The molecule has 3 N–H and O–H groups in total. The molecule has 35 heavy (non-hydrogen) atoms. The van der Waals surface area contributed by atoms with Crippen molar-refractivity contribution < 1.29 is 19.1 Å². The number of carbonyl (C=O) groups excluding carboxylic acids is 3. The van der Waals surface area contributed by atoms with Gasteiger partial charge in [-0.05, 0) is 37.1 Å². The number of hydrogen-bond donors (Lipinski definition) is 3. The highest BCUT2D eigenvalue weighted by Crippen LogP contribution is 2.32. The number of benzene rings is 2. The maximum absolute atomic E-state index is 13.5. The number of rotatable bonds is 7. The summed E-state index contributed by atoms with van der Waals surface area (Å²) in [6.45, 7) is 4.38. The third kappa shape index (κ3) is 6.12. The van der Waals surface area contributed by atoms with E-state index in [1.54, 1.807) is 23.7 Å². The maximum Gasteiger partial charge on any atom is 0.425 e. The minimum absolute atomic E-state index is 0.0532. The lowest BCUT2D eigenvalue weighted by Crippen LogP contribution is -2.41. The molecule has 0 atom stereocenters. The Morgan fingerprint density at radius 3 is 2.49 bits per heavy atom. The molecule has 2 aromatic carbocycles. The van der Waals surface area contributed by atoms with Crippen LogP contribution < -0.4 is 16.2 Å². The zero-order valence-electron chi connectivity index (χ0n) is 19.4. The Labute approximate surface area is 212 Å². The van der Waals surface area contributed by atoms with Crippen LogP contribution >= 0.6 is 23.2 Å². The van der Waals surface area contributed by atoms with Gasteiger partial charge in [0, 0.05) is 22.2 Å². The molecular weight excluding hydrogens is 493 g/mol. The molecule has 184 valence electrons. The fourth-order valence-electron chi connectivity index (χ4n) is 3.46. The molecule has 11 heteroatoms. The van der Waals surface area contributed by atoms with Crippen molar-refractivity contribution in [2.24, 2.45) is 0 Å². The van der Waals surface area contributed by atoms with Gasteiger partial charge in [0.25, 0.3) is 11.8 Å². The summed E-state index contributed by atoms with van der Waals surface area (Å²) in [6, 6.07) is 10.2. The Hall–Kier alpha value is -3.56. The molecule has 3 rings (SSSR count). The first-order valence-corrected chi connectivity index (χ1v) is 11.6. The van der Waals surface area contributed by atoms with E-state index in [1.165, 1.54) is 12.3 Å². The Morgan fingerprint density at radius 1 is 1.06 bits per heavy atom. The van der Waals surface area contributed by atoms with Crippen LogP contribution in [0.5, 0.6) is 0 Å². The van der Waals surface area contributed by atoms with Gasteiger partial charge in [-0.25, -0.2) is 10.2 Å². The monoisotopic (exact) mass is 517 g/mol. The molecular formula is C24H25Cl2N5O4. The van der Waals surface area contributed by atoms with Gasteiger partial charge in [-0.15, -0.1) is 0 Å². The lowest BCUT2D eigenvalue weighted by Gasteiger charge is -2.16. The predicted molar refractivity (Wildman–Crippen MR) is 135 cm³/mol. The fraction of sp³-hybridized carbons (Fsp3) is 0.250. The third-order valence-electron chi connectivity index (χ3n) is 5.18. The molecule has 0 saturated heterocycles. The van der Waals surface area contributed by atoms with Crippen molar-refractivity contribution in [2.75, 3.05) is 12.4 Å². The number of ether oxygens (including phenoxy) is 1. The number of aromatic nitrogens is 2. The van der Waals surface area contributed by atoms with Crippen molar-refractivity contribution in [1.82, 2.24) is 20.6 Å². The summed E-state index contributed by atoms with van der Waals surface area (Å²) in [5, 5.41) is 7.99. The Kier molecular flexibility index (Phi) is 8.73. The molecule has 0 spiro atoms. The average molecular weight is 518 g/mol. The van der Waals surface area contributed by atoms with Crippen molar-refractivity contribution >= 4 is 46.8 Å². The van der Waals surface area contributed by atoms with Gasteiger partial charge in [0.05, 0.1) is 35.8 Å². The van der Waals surface area contributed by atoms with Gasteiger partial charge < -0.3 is 10.1 Å². The van der Waals surface area contributed by atoms with E-state index in [0.717, 1.165) is 20.0 Å². The van der Waals surface area contributed by atoms with Gasteiger partial charge in [-0.3, -0.25) is 19.7 Å². The van der Waals surface area contributed by atoms with E-state index in [-0.39, 0.29) is 16.3 Å². The van der Waals surface area contributed by atoms with E-state index >= 15 is 0 Å². The summed E-state index contributed by atoms with van der Waals surface area (Å²) in [7, 11) is 1.16. The van der Waals surface area contributed by atoms with E-state index in [2.05, 4.69) is 32.9 Å². The van der Waals surface area contributed by atoms with Crippen molar-refractivity contribution in [3.05, 3.63) is 69.3 Å². The molecule has 0 aliphatic heterocycles. The largest absolute Gasteiger partial charge is 0.452 e. The Bertz CT molecular complexity index is 1260. The molecule has 0 aliphatic carbocycles. The minimum Gasteiger partial charge on any atom is -0.452 e. The van der Waals surface area contributed by atoms with Gasteiger partial charge in [0.1, 0.15) is 0 Å². The van der Waals surface area contributed by atoms with E-state index in [0.29, 0.717) is 34.0 Å². The zero-order chi connectivity index (χ0) is 25.5. The molecule has 0 unspecified atom stereocenters. The summed E-state index contributed by atoms with van der Waals surface area (Å²) in [6.07, 6.45) is 2.44. The number of anilines is 1. The molecule has 0 fully saturated rings. The van der Waals surface area contributed by atoms with Gasteiger partial charge >= 0.3 is 6.09 Å². The number of nitrogens with zero attached hydrogens (tertiary/aromatic N) is 2. The number of nitrogens with one attached hydrogen (secondary N) is 3. The van der Waals surface area contributed by atoms with Crippen LogP contribution in [0.15, 0.2) is 42.6 Å².